The first kappa shape index (κ1) is 12.5. The molecule has 3 rings (SSSR count). The fourth-order valence-corrected chi connectivity index (χ4v) is 2.05. The van der Waals surface area contributed by atoms with Crippen LogP contribution in [0.25, 0.3) is 11.0 Å². The highest BCUT2D eigenvalue weighted by atomic mass is 19.1. The molecular formula is C14H14FN5. The number of hydrogen-bond acceptors (Lipinski definition) is 4. The number of nitrogens with zero attached hydrogens (tertiary/aromatic N) is 3. The van der Waals surface area contributed by atoms with Crippen LogP contribution in [0, 0.1) is 5.82 Å². The van der Waals surface area contributed by atoms with Gasteiger partial charge in [-0.15, -0.1) is 0 Å². The fourth-order valence-electron chi connectivity index (χ4n) is 2.05. The van der Waals surface area contributed by atoms with Gasteiger partial charge in [0.15, 0.2) is 11.3 Å². The van der Waals surface area contributed by atoms with Gasteiger partial charge in [-0.3, -0.25) is 5.10 Å². The van der Waals surface area contributed by atoms with Gasteiger partial charge in [0.2, 0.25) is 0 Å². The standard InChI is InChI=1S/C14H14FN5/c1-8(2)11-12-13(20-19-11)14(17-7-16-12)18-10-5-3-4-9(15)6-10/h3-8H,1-2H3,(H,19,20)(H,16,17,18). The van der Waals surface area contributed by atoms with Crippen molar-refractivity contribution in [2.24, 2.45) is 0 Å². The molecule has 20 heavy (non-hydrogen) atoms. The van der Waals surface area contributed by atoms with Crippen LogP contribution < -0.4 is 5.32 Å². The number of H-pyrrole nitrogens is 1. The van der Waals surface area contributed by atoms with Gasteiger partial charge in [-0.25, -0.2) is 14.4 Å². The zero-order valence-corrected chi connectivity index (χ0v) is 11.2. The number of nitrogens with one attached hydrogen (secondary N) is 2. The zero-order chi connectivity index (χ0) is 14.1. The van der Waals surface area contributed by atoms with Gasteiger partial charge in [-0.2, -0.15) is 5.10 Å². The molecule has 0 amide bonds. The van der Waals surface area contributed by atoms with Crippen LogP contribution in [-0.2, 0) is 0 Å². The van der Waals surface area contributed by atoms with E-state index in [1.165, 1.54) is 18.5 Å². The zero-order valence-electron chi connectivity index (χ0n) is 11.2. The van der Waals surface area contributed by atoms with Crippen molar-refractivity contribution in [3.05, 3.63) is 42.1 Å². The van der Waals surface area contributed by atoms with E-state index in [1.54, 1.807) is 12.1 Å². The normalized spacial score (nSPS) is 11.2. The number of aromatic nitrogens is 4. The number of benzene rings is 1. The lowest BCUT2D eigenvalue weighted by Crippen LogP contribution is -1.96. The van der Waals surface area contributed by atoms with Crippen molar-refractivity contribution in [2.45, 2.75) is 19.8 Å². The lowest BCUT2D eigenvalue weighted by atomic mass is 10.1. The summed E-state index contributed by atoms with van der Waals surface area (Å²) in [7, 11) is 0. The summed E-state index contributed by atoms with van der Waals surface area (Å²) in [5.74, 6) is 0.547. The minimum atomic E-state index is -0.301. The molecule has 0 saturated heterocycles. The van der Waals surface area contributed by atoms with E-state index in [1.807, 2.05) is 0 Å². The van der Waals surface area contributed by atoms with Crippen molar-refractivity contribution in [3.8, 4) is 0 Å². The van der Waals surface area contributed by atoms with Crippen LogP contribution in [0.3, 0.4) is 0 Å². The maximum Gasteiger partial charge on any atom is 0.162 e. The topological polar surface area (TPSA) is 66.5 Å². The monoisotopic (exact) mass is 271 g/mol. The van der Waals surface area contributed by atoms with Gasteiger partial charge in [-0.05, 0) is 24.1 Å². The first-order valence-electron chi connectivity index (χ1n) is 6.36. The molecule has 5 nitrogen and oxygen atoms in total. The maximum atomic E-state index is 13.2. The number of halogens is 1. The van der Waals surface area contributed by atoms with Crippen LogP contribution in [-0.4, -0.2) is 20.2 Å². The molecule has 2 heterocycles. The molecule has 0 radical (unpaired) electrons. The Bertz CT molecular complexity index is 750. The molecule has 3 aromatic rings. The highest BCUT2D eigenvalue weighted by molar-refractivity contribution is 5.88. The second-order valence-electron chi connectivity index (χ2n) is 4.85. The molecular weight excluding hydrogens is 257 g/mol. The molecule has 2 aromatic heterocycles. The Balaban J connectivity index is 2.04. The van der Waals surface area contributed by atoms with E-state index in [0.29, 0.717) is 17.0 Å². The Morgan fingerprint density at radius 3 is 2.80 bits per heavy atom. The van der Waals surface area contributed by atoms with Crippen LogP contribution in [0.15, 0.2) is 30.6 Å². The van der Waals surface area contributed by atoms with E-state index in [4.69, 9.17) is 0 Å². The van der Waals surface area contributed by atoms with Crippen LogP contribution in [0.5, 0.6) is 0 Å². The molecule has 102 valence electrons. The quantitative estimate of drug-likeness (QED) is 0.766. The Labute approximate surface area is 115 Å². The molecule has 6 heteroatoms. The molecule has 0 spiro atoms. The van der Waals surface area contributed by atoms with Gasteiger partial charge < -0.3 is 5.32 Å². The second-order valence-corrected chi connectivity index (χ2v) is 4.85. The minimum Gasteiger partial charge on any atom is -0.338 e. The van der Waals surface area contributed by atoms with Gasteiger partial charge in [0.25, 0.3) is 0 Å². The molecule has 2 N–H and O–H groups in total. The number of aromatic amines is 1. The number of anilines is 2. The summed E-state index contributed by atoms with van der Waals surface area (Å²) in [6, 6.07) is 6.21. The van der Waals surface area contributed by atoms with E-state index in [-0.39, 0.29) is 11.7 Å². The number of hydrogen-bond donors (Lipinski definition) is 2. The van der Waals surface area contributed by atoms with Crippen molar-refractivity contribution < 1.29 is 4.39 Å². The molecule has 0 bridgehead atoms. The summed E-state index contributed by atoms with van der Waals surface area (Å²) in [5.41, 5.74) is 3.03. The summed E-state index contributed by atoms with van der Waals surface area (Å²) in [5, 5.41) is 10.3. The predicted octanol–water partition coefficient (Wildman–Crippen LogP) is 3.36. The largest absolute Gasteiger partial charge is 0.338 e. The number of rotatable bonds is 3. The van der Waals surface area contributed by atoms with Crippen molar-refractivity contribution in [1.82, 2.24) is 20.2 Å². The molecule has 0 aliphatic carbocycles. The van der Waals surface area contributed by atoms with Crippen LogP contribution in [0.2, 0.25) is 0 Å². The highest BCUT2D eigenvalue weighted by Gasteiger charge is 2.14. The molecule has 0 unspecified atom stereocenters. The molecule has 0 atom stereocenters. The van der Waals surface area contributed by atoms with E-state index in [2.05, 4.69) is 39.3 Å². The van der Waals surface area contributed by atoms with Gasteiger partial charge in [0.05, 0.1) is 5.69 Å². The van der Waals surface area contributed by atoms with Crippen molar-refractivity contribution in [3.63, 3.8) is 0 Å². The van der Waals surface area contributed by atoms with Gasteiger partial charge in [0, 0.05) is 5.69 Å². The highest BCUT2D eigenvalue weighted by Crippen LogP contribution is 2.26. The third kappa shape index (κ3) is 2.20. The Hall–Kier alpha value is -2.50. The summed E-state index contributed by atoms with van der Waals surface area (Å²) < 4.78 is 13.2. The fraction of sp³-hybridized carbons (Fsp3) is 0.214. The third-order valence-electron chi connectivity index (χ3n) is 3.03. The lowest BCUT2D eigenvalue weighted by Gasteiger charge is -2.06. The molecule has 0 aliphatic heterocycles. The Morgan fingerprint density at radius 1 is 1.20 bits per heavy atom. The average molecular weight is 271 g/mol. The van der Waals surface area contributed by atoms with Gasteiger partial charge in [0.1, 0.15) is 17.7 Å². The van der Waals surface area contributed by atoms with E-state index in [0.717, 1.165) is 11.2 Å². The summed E-state index contributed by atoms with van der Waals surface area (Å²) in [4.78, 5) is 8.44. The van der Waals surface area contributed by atoms with Crippen molar-refractivity contribution in [2.75, 3.05) is 5.32 Å². The maximum absolute atomic E-state index is 13.2. The summed E-state index contributed by atoms with van der Waals surface area (Å²) in [6.45, 7) is 4.13. The van der Waals surface area contributed by atoms with Gasteiger partial charge in [-0.1, -0.05) is 19.9 Å². The summed E-state index contributed by atoms with van der Waals surface area (Å²) in [6.07, 6.45) is 1.48. The first-order valence-corrected chi connectivity index (χ1v) is 6.36. The average Bonchev–Trinajstić information content (AvgIpc) is 2.84. The first-order chi connectivity index (χ1) is 9.65. The van der Waals surface area contributed by atoms with Crippen molar-refractivity contribution in [1.29, 1.82) is 0 Å². The smallest absolute Gasteiger partial charge is 0.162 e. The van der Waals surface area contributed by atoms with Crippen molar-refractivity contribution >= 4 is 22.5 Å². The second kappa shape index (κ2) is 4.88. The number of fused-ring (bicyclic) bond motifs is 1. The minimum absolute atomic E-state index is 0.289. The molecule has 0 fully saturated rings. The molecule has 1 aromatic carbocycles. The van der Waals surface area contributed by atoms with Crippen LogP contribution in [0.4, 0.5) is 15.9 Å². The molecule has 0 saturated carbocycles. The van der Waals surface area contributed by atoms with E-state index in [9.17, 15) is 4.39 Å². The van der Waals surface area contributed by atoms with E-state index < -0.39 is 0 Å². The summed E-state index contributed by atoms with van der Waals surface area (Å²) >= 11 is 0. The van der Waals surface area contributed by atoms with Crippen LogP contribution >= 0.6 is 0 Å². The SMILES string of the molecule is CC(C)c1[nH]nc2c(Nc3cccc(F)c3)ncnc12. The predicted molar refractivity (Wildman–Crippen MR) is 75.5 cm³/mol. The molecule has 0 aliphatic rings. The van der Waals surface area contributed by atoms with Crippen LogP contribution in [0.1, 0.15) is 25.5 Å². The lowest BCUT2D eigenvalue weighted by molar-refractivity contribution is 0.628. The third-order valence-corrected chi connectivity index (χ3v) is 3.03. The Morgan fingerprint density at radius 2 is 2.05 bits per heavy atom. The van der Waals surface area contributed by atoms with Gasteiger partial charge >= 0.3 is 0 Å². The Kier molecular flexibility index (Phi) is 3.06. The van der Waals surface area contributed by atoms with E-state index >= 15 is 0 Å².